The second-order valence-electron chi connectivity index (χ2n) is 2.97. The third-order valence-corrected chi connectivity index (χ3v) is 2.17. The summed E-state index contributed by atoms with van der Waals surface area (Å²) in [5.41, 5.74) is 1.38. The van der Waals surface area contributed by atoms with Crippen LogP contribution in [0.15, 0.2) is 30.3 Å². The Morgan fingerprint density at radius 3 is 2.64 bits per heavy atom. The van der Waals surface area contributed by atoms with Crippen LogP contribution in [0.2, 0.25) is 0 Å². The maximum atomic E-state index is 4.51. The van der Waals surface area contributed by atoms with E-state index < -0.39 is 0 Å². The van der Waals surface area contributed by atoms with E-state index in [-0.39, 0.29) is 0 Å². The highest BCUT2D eigenvalue weighted by Gasteiger charge is 2.16. The molecule has 0 N–H and O–H groups in total. The van der Waals surface area contributed by atoms with E-state index in [4.69, 9.17) is 0 Å². The summed E-state index contributed by atoms with van der Waals surface area (Å²) in [6, 6.07) is 11.1. The van der Waals surface area contributed by atoms with Crippen LogP contribution in [-0.4, -0.2) is 6.54 Å². The molecule has 0 amide bonds. The van der Waals surface area contributed by atoms with Crippen molar-refractivity contribution in [3.8, 4) is 0 Å². The van der Waals surface area contributed by atoms with Gasteiger partial charge in [0, 0.05) is 12.6 Å². The molecule has 0 unspecified atom stereocenters. The minimum atomic E-state index is 0.496. The van der Waals surface area contributed by atoms with Gasteiger partial charge in [-0.2, -0.15) is 0 Å². The van der Waals surface area contributed by atoms with E-state index in [1.54, 1.807) is 0 Å². The number of hydrogen-bond donors (Lipinski definition) is 0. The van der Waals surface area contributed by atoms with Gasteiger partial charge in [0.25, 0.3) is 0 Å². The van der Waals surface area contributed by atoms with Gasteiger partial charge in [-0.25, -0.2) is 5.32 Å². The molecule has 1 aliphatic heterocycles. The Labute approximate surface area is 67.4 Å². The van der Waals surface area contributed by atoms with E-state index in [2.05, 4.69) is 35.6 Å². The van der Waals surface area contributed by atoms with Crippen molar-refractivity contribution in [1.82, 2.24) is 5.32 Å². The average Bonchev–Trinajstić information content (AvgIpc) is 2.58. The zero-order valence-corrected chi connectivity index (χ0v) is 6.53. The Hall–Kier alpha value is -0.820. The molecule has 1 fully saturated rings. The fourth-order valence-corrected chi connectivity index (χ4v) is 1.57. The number of benzene rings is 1. The molecule has 0 spiro atoms. The van der Waals surface area contributed by atoms with Gasteiger partial charge in [-0.1, -0.05) is 30.3 Å². The van der Waals surface area contributed by atoms with Crippen LogP contribution in [0.3, 0.4) is 0 Å². The van der Waals surface area contributed by atoms with Gasteiger partial charge < -0.3 is 0 Å². The summed E-state index contributed by atoms with van der Waals surface area (Å²) < 4.78 is 0. The van der Waals surface area contributed by atoms with Crippen LogP contribution in [0.1, 0.15) is 24.4 Å². The summed E-state index contributed by atoms with van der Waals surface area (Å²) in [6.45, 7) is 1.06. The van der Waals surface area contributed by atoms with Crippen molar-refractivity contribution in [3.63, 3.8) is 0 Å². The molecular weight excluding hydrogens is 134 g/mol. The van der Waals surface area contributed by atoms with E-state index in [1.165, 1.54) is 18.4 Å². The average molecular weight is 146 g/mol. The molecule has 1 atom stereocenters. The van der Waals surface area contributed by atoms with E-state index in [1.807, 2.05) is 0 Å². The predicted molar refractivity (Wildman–Crippen MR) is 45.4 cm³/mol. The Morgan fingerprint density at radius 1 is 1.18 bits per heavy atom. The first-order chi connectivity index (χ1) is 5.47. The quantitative estimate of drug-likeness (QED) is 0.576. The predicted octanol–water partition coefficient (Wildman–Crippen LogP) is 2.13. The molecule has 0 bridgehead atoms. The van der Waals surface area contributed by atoms with E-state index in [0.717, 1.165) is 6.54 Å². The summed E-state index contributed by atoms with van der Waals surface area (Å²) in [7, 11) is 0. The second-order valence-corrected chi connectivity index (χ2v) is 2.97. The molecule has 2 rings (SSSR count). The molecule has 0 saturated carbocycles. The second kappa shape index (κ2) is 3.05. The minimum Gasteiger partial charge on any atom is -0.234 e. The van der Waals surface area contributed by atoms with Crippen LogP contribution in [0, 0.1) is 0 Å². The molecule has 1 heteroatoms. The minimum absolute atomic E-state index is 0.496. The van der Waals surface area contributed by atoms with Crippen LogP contribution in [0.4, 0.5) is 0 Å². The first-order valence-corrected chi connectivity index (χ1v) is 4.18. The van der Waals surface area contributed by atoms with Gasteiger partial charge in [-0.3, -0.25) is 0 Å². The Balaban J connectivity index is 2.16. The summed E-state index contributed by atoms with van der Waals surface area (Å²) in [4.78, 5) is 0. The van der Waals surface area contributed by atoms with Gasteiger partial charge in [0.15, 0.2) is 0 Å². The van der Waals surface area contributed by atoms with Crippen molar-refractivity contribution < 1.29 is 0 Å². The summed E-state index contributed by atoms with van der Waals surface area (Å²) in [6.07, 6.45) is 2.50. The summed E-state index contributed by atoms with van der Waals surface area (Å²) >= 11 is 0. The number of hydrogen-bond acceptors (Lipinski definition) is 0. The lowest BCUT2D eigenvalue weighted by Gasteiger charge is -2.07. The van der Waals surface area contributed by atoms with Gasteiger partial charge in [0.1, 0.15) is 0 Å². The fraction of sp³-hybridized carbons (Fsp3) is 0.400. The van der Waals surface area contributed by atoms with E-state index in [0.29, 0.717) is 6.04 Å². The van der Waals surface area contributed by atoms with Crippen LogP contribution in [0.5, 0.6) is 0 Å². The zero-order chi connectivity index (χ0) is 7.52. The van der Waals surface area contributed by atoms with Crippen molar-refractivity contribution >= 4 is 0 Å². The van der Waals surface area contributed by atoms with Crippen LogP contribution in [-0.2, 0) is 0 Å². The number of rotatable bonds is 1. The third kappa shape index (κ3) is 1.43. The lowest BCUT2D eigenvalue weighted by atomic mass is 10.1. The van der Waals surface area contributed by atoms with Gasteiger partial charge >= 0.3 is 0 Å². The highest BCUT2D eigenvalue weighted by molar-refractivity contribution is 5.19. The molecular formula is C10H12N. The van der Waals surface area contributed by atoms with Crippen molar-refractivity contribution in [3.05, 3.63) is 35.9 Å². The molecule has 1 aromatic carbocycles. The van der Waals surface area contributed by atoms with Crippen LogP contribution < -0.4 is 5.32 Å². The van der Waals surface area contributed by atoms with Crippen LogP contribution in [0.25, 0.3) is 0 Å². The highest BCUT2D eigenvalue weighted by Crippen LogP contribution is 2.23. The normalized spacial score (nSPS) is 23.8. The molecule has 57 valence electrons. The van der Waals surface area contributed by atoms with Crippen LogP contribution >= 0.6 is 0 Å². The maximum absolute atomic E-state index is 4.51. The summed E-state index contributed by atoms with van der Waals surface area (Å²) in [5.74, 6) is 0. The smallest absolute Gasteiger partial charge is 0.0496 e. The molecule has 0 aromatic heterocycles. The Morgan fingerprint density at radius 2 is 2.00 bits per heavy atom. The van der Waals surface area contributed by atoms with E-state index >= 15 is 0 Å². The maximum Gasteiger partial charge on any atom is 0.0496 e. The first-order valence-electron chi connectivity index (χ1n) is 4.18. The van der Waals surface area contributed by atoms with Crippen molar-refractivity contribution in [2.45, 2.75) is 18.9 Å². The third-order valence-electron chi connectivity index (χ3n) is 2.17. The topological polar surface area (TPSA) is 14.1 Å². The molecule has 1 radical (unpaired) electrons. The first kappa shape index (κ1) is 6.86. The van der Waals surface area contributed by atoms with Crippen molar-refractivity contribution in [2.24, 2.45) is 0 Å². The molecule has 11 heavy (non-hydrogen) atoms. The van der Waals surface area contributed by atoms with Gasteiger partial charge in [0.2, 0.25) is 0 Å². The van der Waals surface area contributed by atoms with Crippen molar-refractivity contribution in [2.75, 3.05) is 6.54 Å². The van der Waals surface area contributed by atoms with E-state index in [9.17, 15) is 0 Å². The SMILES string of the molecule is c1ccc([C@H]2CCC[N]2)cc1. The monoisotopic (exact) mass is 146 g/mol. The molecule has 0 aliphatic carbocycles. The zero-order valence-electron chi connectivity index (χ0n) is 6.53. The molecule has 1 saturated heterocycles. The largest absolute Gasteiger partial charge is 0.234 e. The summed E-state index contributed by atoms with van der Waals surface area (Å²) in [5, 5.41) is 4.51. The van der Waals surface area contributed by atoms with Gasteiger partial charge in [-0.15, -0.1) is 0 Å². The number of nitrogens with zero attached hydrogens (tertiary/aromatic N) is 1. The standard InChI is InChI=1S/C10H12N/c1-2-5-9(6-3-1)10-7-4-8-11-10/h1-3,5-6,10H,4,7-8H2/t10-/m1/s1. The Bertz CT molecular complexity index is 212. The molecule has 1 aromatic rings. The highest BCUT2D eigenvalue weighted by atomic mass is 14.9. The fourth-order valence-electron chi connectivity index (χ4n) is 1.57. The lowest BCUT2D eigenvalue weighted by Crippen LogP contribution is -2.04. The molecule has 1 heterocycles. The molecule has 1 nitrogen and oxygen atoms in total. The lowest BCUT2D eigenvalue weighted by molar-refractivity contribution is 0.635. The molecule has 1 aliphatic rings. The Kier molecular flexibility index (Phi) is 1.91. The van der Waals surface area contributed by atoms with Crippen molar-refractivity contribution in [1.29, 1.82) is 0 Å². The van der Waals surface area contributed by atoms with Gasteiger partial charge in [-0.05, 0) is 18.4 Å². The van der Waals surface area contributed by atoms with Gasteiger partial charge in [0.05, 0.1) is 0 Å².